The summed E-state index contributed by atoms with van der Waals surface area (Å²) < 4.78 is 13.5. The predicted octanol–water partition coefficient (Wildman–Crippen LogP) is 1.76. The van der Waals surface area contributed by atoms with Gasteiger partial charge in [0.2, 0.25) is 0 Å². The highest BCUT2D eigenvalue weighted by Gasteiger charge is 2.20. The number of rotatable bonds is 4. The average molecular weight is 239 g/mol. The topological polar surface area (TPSA) is 67.2 Å². The second-order valence-electron chi connectivity index (χ2n) is 4.13. The van der Waals surface area contributed by atoms with E-state index in [-0.39, 0.29) is 11.4 Å². The Kier molecular flexibility index (Phi) is 3.53. The standard InChI is InChI=1S/C11H14FN3O2/c12-9-2-1-3-10(15(16)17)11(9)14-7-8-4-5-13-6-8/h1-3,8,13-14H,4-7H2. The minimum absolute atomic E-state index is 0.00981. The smallest absolute Gasteiger partial charge is 0.295 e. The molecule has 2 N–H and O–H groups in total. The summed E-state index contributed by atoms with van der Waals surface area (Å²) in [6.07, 6.45) is 1.01. The minimum atomic E-state index is -0.579. The van der Waals surface area contributed by atoms with Crippen molar-refractivity contribution in [2.75, 3.05) is 25.0 Å². The van der Waals surface area contributed by atoms with E-state index in [4.69, 9.17) is 0 Å². The van der Waals surface area contributed by atoms with Crippen molar-refractivity contribution in [3.05, 3.63) is 34.1 Å². The Morgan fingerprint density at radius 1 is 1.59 bits per heavy atom. The molecule has 1 saturated heterocycles. The Morgan fingerprint density at radius 3 is 3.06 bits per heavy atom. The van der Waals surface area contributed by atoms with Crippen molar-refractivity contribution in [2.24, 2.45) is 5.92 Å². The summed E-state index contributed by atoms with van der Waals surface area (Å²) in [6, 6.07) is 3.87. The molecule has 1 aromatic carbocycles. The molecule has 6 heteroatoms. The molecule has 2 rings (SSSR count). The number of halogens is 1. The van der Waals surface area contributed by atoms with Gasteiger partial charge in [-0.25, -0.2) is 4.39 Å². The maximum absolute atomic E-state index is 13.5. The van der Waals surface area contributed by atoms with Crippen LogP contribution in [0.5, 0.6) is 0 Å². The first-order chi connectivity index (χ1) is 8.18. The highest BCUT2D eigenvalue weighted by Crippen LogP contribution is 2.27. The number of nitrogens with one attached hydrogen (secondary N) is 2. The van der Waals surface area contributed by atoms with Gasteiger partial charge >= 0.3 is 0 Å². The lowest BCUT2D eigenvalue weighted by Gasteiger charge is -2.11. The Bertz CT molecular complexity index is 419. The van der Waals surface area contributed by atoms with Crippen molar-refractivity contribution in [1.29, 1.82) is 0 Å². The molecule has 0 amide bonds. The number of anilines is 1. The third kappa shape index (κ3) is 2.71. The summed E-state index contributed by atoms with van der Waals surface area (Å²) in [5.74, 6) is -0.181. The van der Waals surface area contributed by atoms with Crippen LogP contribution in [0.25, 0.3) is 0 Å². The van der Waals surface area contributed by atoms with Gasteiger partial charge in [0.05, 0.1) is 4.92 Å². The van der Waals surface area contributed by atoms with Crippen LogP contribution in [-0.2, 0) is 0 Å². The van der Waals surface area contributed by atoms with E-state index in [1.54, 1.807) is 0 Å². The van der Waals surface area contributed by atoms with Crippen molar-refractivity contribution in [2.45, 2.75) is 6.42 Å². The predicted molar refractivity (Wildman–Crippen MR) is 62.5 cm³/mol. The maximum Gasteiger partial charge on any atom is 0.295 e. The number of benzene rings is 1. The molecule has 5 nitrogen and oxygen atoms in total. The van der Waals surface area contributed by atoms with E-state index in [2.05, 4.69) is 10.6 Å². The summed E-state index contributed by atoms with van der Waals surface area (Å²) in [6.45, 7) is 2.37. The van der Waals surface area contributed by atoms with Gasteiger partial charge in [0.1, 0.15) is 5.69 Å². The first-order valence-electron chi connectivity index (χ1n) is 5.56. The number of nitro benzene ring substituents is 1. The van der Waals surface area contributed by atoms with E-state index in [1.807, 2.05) is 0 Å². The summed E-state index contributed by atoms with van der Waals surface area (Å²) in [5.41, 5.74) is -0.222. The monoisotopic (exact) mass is 239 g/mol. The lowest BCUT2D eigenvalue weighted by Crippen LogP contribution is -2.18. The molecule has 1 atom stereocenters. The Morgan fingerprint density at radius 2 is 2.41 bits per heavy atom. The van der Waals surface area contributed by atoms with Crippen LogP contribution in [0, 0.1) is 21.8 Å². The van der Waals surface area contributed by atoms with Crippen LogP contribution in [-0.4, -0.2) is 24.6 Å². The number of nitrogens with zero attached hydrogens (tertiary/aromatic N) is 1. The third-order valence-corrected chi connectivity index (χ3v) is 2.92. The van der Waals surface area contributed by atoms with E-state index < -0.39 is 10.7 Å². The molecule has 0 aromatic heterocycles. The van der Waals surface area contributed by atoms with Crippen molar-refractivity contribution in [1.82, 2.24) is 5.32 Å². The zero-order valence-electron chi connectivity index (χ0n) is 9.28. The lowest BCUT2D eigenvalue weighted by molar-refractivity contribution is -0.384. The van der Waals surface area contributed by atoms with Gasteiger partial charge in [-0.1, -0.05) is 6.07 Å². The van der Waals surface area contributed by atoms with Gasteiger partial charge in [0.15, 0.2) is 5.82 Å². The molecule has 1 fully saturated rings. The van der Waals surface area contributed by atoms with E-state index >= 15 is 0 Å². The molecule has 1 unspecified atom stereocenters. The van der Waals surface area contributed by atoms with Gasteiger partial charge in [-0.2, -0.15) is 0 Å². The molecule has 92 valence electrons. The average Bonchev–Trinajstić information content (AvgIpc) is 2.80. The molecule has 17 heavy (non-hydrogen) atoms. The minimum Gasteiger partial charge on any atom is -0.377 e. The molecule has 0 saturated carbocycles. The van der Waals surface area contributed by atoms with E-state index in [0.717, 1.165) is 19.5 Å². The van der Waals surface area contributed by atoms with Crippen LogP contribution in [0.3, 0.4) is 0 Å². The summed E-state index contributed by atoms with van der Waals surface area (Å²) in [4.78, 5) is 10.2. The Balaban J connectivity index is 2.10. The number of nitro groups is 1. The van der Waals surface area contributed by atoms with E-state index in [9.17, 15) is 14.5 Å². The molecule has 1 aliphatic rings. The van der Waals surface area contributed by atoms with Crippen molar-refractivity contribution in [3.63, 3.8) is 0 Å². The fraction of sp³-hybridized carbons (Fsp3) is 0.455. The van der Waals surface area contributed by atoms with Crippen LogP contribution >= 0.6 is 0 Å². The normalized spacial score (nSPS) is 19.2. The summed E-state index contributed by atoms with van der Waals surface area (Å²) in [7, 11) is 0. The molecular formula is C11H14FN3O2. The Labute approximate surface area is 98.2 Å². The van der Waals surface area contributed by atoms with E-state index in [1.165, 1.54) is 18.2 Å². The molecule has 1 aliphatic heterocycles. The Hall–Kier alpha value is -1.69. The highest BCUT2D eigenvalue weighted by atomic mass is 19.1. The fourth-order valence-corrected chi connectivity index (χ4v) is 1.97. The van der Waals surface area contributed by atoms with Gasteiger partial charge < -0.3 is 10.6 Å². The second kappa shape index (κ2) is 5.09. The SMILES string of the molecule is O=[N+]([O-])c1cccc(F)c1NCC1CCNC1. The number of hydrogen-bond donors (Lipinski definition) is 2. The fourth-order valence-electron chi connectivity index (χ4n) is 1.97. The molecule has 0 radical (unpaired) electrons. The number of para-hydroxylation sites is 1. The van der Waals surface area contributed by atoms with Crippen molar-refractivity contribution in [3.8, 4) is 0 Å². The lowest BCUT2D eigenvalue weighted by atomic mass is 10.1. The van der Waals surface area contributed by atoms with Gasteiger partial charge in [-0.05, 0) is 31.5 Å². The van der Waals surface area contributed by atoms with Gasteiger partial charge in [-0.15, -0.1) is 0 Å². The zero-order chi connectivity index (χ0) is 12.3. The van der Waals surface area contributed by atoms with E-state index in [0.29, 0.717) is 12.5 Å². The highest BCUT2D eigenvalue weighted by molar-refractivity contribution is 5.62. The molecule has 0 spiro atoms. The van der Waals surface area contributed by atoms with Crippen LogP contribution in [0.2, 0.25) is 0 Å². The maximum atomic E-state index is 13.5. The molecular weight excluding hydrogens is 225 g/mol. The zero-order valence-corrected chi connectivity index (χ0v) is 9.28. The number of hydrogen-bond acceptors (Lipinski definition) is 4. The van der Waals surface area contributed by atoms with Gasteiger partial charge in [0.25, 0.3) is 5.69 Å². The van der Waals surface area contributed by atoms with Crippen molar-refractivity contribution >= 4 is 11.4 Å². The summed E-state index contributed by atoms with van der Waals surface area (Å²) >= 11 is 0. The molecule has 0 aliphatic carbocycles. The molecule has 0 bridgehead atoms. The van der Waals surface area contributed by atoms with Gasteiger partial charge in [0, 0.05) is 12.6 Å². The van der Waals surface area contributed by atoms with Crippen LogP contribution in [0.15, 0.2) is 18.2 Å². The molecule has 1 heterocycles. The largest absolute Gasteiger partial charge is 0.377 e. The van der Waals surface area contributed by atoms with Gasteiger partial charge in [-0.3, -0.25) is 10.1 Å². The first-order valence-corrected chi connectivity index (χ1v) is 5.56. The summed E-state index contributed by atoms with van der Waals surface area (Å²) in [5, 5.41) is 16.8. The molecule has 1 aromatic rings. The van der Waals surface area contributed by atoms with Crippen molar-refractivity contribution < 1.29 is 9.31 Å². The first kappa shape index (κ1) is 11.8. The third-order valence-electron chi connectivity index (χ3n) is 2.92. The van der Waals surface area contributed by atoms with Crippen LogP contribution < -0.4 is 10.6 Å². The second-order valence-corrected chi connectivity index (χ2v) is 4.13. The van der Waals surface area contributed by atoms with Crippen LogP contribution in [0.1, 0.15) is 6.42 Å². The quantitative estimate of drug-likeness (QED) is 0.620. The van der Waals surface area contributed by atoms with Crippen LogP contribution in [0.4, 0.5) is 15.8 Å².